The molecule has 1 aliphatic carbocycles. The van der Waals surface area contributed by atoms with Crippen LogP contribution in [0.2, 0.25) is 0 Å². The van der Waals surface area contributed by atoms with E-state index in [4.69, 9.17) is 10.00 Å². The zero-order valence-corrected chi connectivity index (χ0v) is 15.6. The van der Waals surface area contributed by atoms with Crippen molar-refractivity contribution < 1.29 is 9.13 Å². The summed E-state index contributed by atoms with van der Waals surface area (Å²) in [7, 11) is 1.82. The Balaban J connectivity index is 1.21. The normalized spacial score (nSPS) is 25.1. The second-order valence-electron chi connectivity index (χ2n) is 7.75. The Morgan fingerprint density at radius 3 is 2.78 bits per heavy atom. The molecule has 0 aromatic heterocycles. The average Bonchev–Trinajstić information content (AvgIpc) is 3.33. The van der Waals surface area contributed by atoms with Gasteiger partial charge in [-0.2, -0.15) is 5.26 Å². The van der Waals surface area contributed by atoms with Crippen LogP contribution in [-0.2, 0) is 11.3 Å². The molecule has 4 rings (SSSR count). The minimum Gasteiger partial charge on any atom is -0.376 e. The fourth-order valence-electron chi connectivity index (χ4n) is 4.10. The molecule has 2 heterocycles. The number of piperidine rings is 1. The zero-order chi connectivity index (χ0) is 18.8. The highest BCUT2D eigenvalue weighted by atomic mass is 19.1. The van der Waals surface area contributed by atoms with Gasteiger partial charge in [0.1, 0.15) is 12.5 Å². The quantitative estimate of drug-likeness (QED) is 0.718. The van der Waals surface area contributed by atoms with Crippen LogP contribution in [-0.4, -0.2) is 43.3 Å². The van der Waals surface area contributed by atoms with Gasteiger partial charge in [0.15, 0.2) is 6.19 Å². The first-order chi connectivity index (χ1) is 13.1. The van der Waals surface area contributed by atoms with Crippen LogP contribution in [0.3, 0.4) is 0 Å². The number of ether oxygens (including phenoxy) is 1. The van der Waals surface area contributed by atoms with Gasteiger partial charge >= 0.3 is 0 Å². The maximum absolute atomic E-state index is 14.4. The van der Waals surface area contributed by atoms with Crippen LogP contribution in [0.5, 0.6) is 0 Å². The van der Waals surface area contributed by atoms with E-state index in [0.29, 0.717) is 43.0 Å². The Morgan fingerprint density at radius 1 is 1.30 bits per heavy atom. The van der Waals surface area contributed by atoms with E-state index in [2.05, 4.69) is 16.6 Å². The molecular weight excluding hydrogens is 347 g/mol. The predicted molar refractivity (Wildman–Crippen MR) is 97.5 cm³/mol. The maximum Gasteiger partial charge on any atom is 0.179 e. The van der Waals surface area contributed by atoms with Gasteiger partial charge in [-0.25, -0.2) is 9.40 Å². The Labute approximate surface area is 158 Å². The highest BCUT2D eigenvalue weighted by molar-refractivity contribution is 5.47. The van der Waals surface area contributed by atoms with E-state index in [9.17, 15) is 4.39 Å². The van der Waals surface area contributed by atoms with Crippen molar-refractivity contribution in [3.8, 4) is 6.19 Å². The molecule has 0 spiro atoms. The molecule has 3 aliphatic rings. The van der Waals surface area contributed by atoms with Crippen LogP contribution >= 0.6 is 0 Å². The van der Waals surface area contributed by atoms with Gasteiger partial charge in [0.05, 0.1) is 18.9 Å². The van der Waals surface area contributed by atoms with Crippen LogP contribution in [0.1, 0.15) is 24.8 Å². The Bertz CT molecular complexity index is 742. The first kappa shape index (κ1) is 18.0. The van der Waals surface area contributed by atoms with Crippen molar-refractivity contribution in [2.24, 2.45) is 28.2 Å². The molecule has 2 fully saturated rings. The molecule has 1 saturated carbocycles. The smallest absolute Gasteiger partial charge is 0.179 e. The second kappa shape index (κ2) is 7.69. The molecule has 1 aromatic rings. The number of benzene rings is 1. The molecule has 144 valence electrons. The predicted octanol–water partition coefficient (Wildman–Crippen LogP) is 3.16. The summed E-state index contributed by atoms with van der Waals surface area (Å²) in [5, 5.41) is 20.1. The Kier molecular flexibility index (Phi) is 5.12. The fraction of sp³-hybridized carbons (Fsp3) is 0.632. The summed E-state index contributed by atoms with van der Waals surface area (Å²) in [5.41, 5.74) is 1.26. The summed E-state index contributed by atoms with van der Waals surface area (Å²) in [5.74, 6) is 1.75. The third-order valence-corrected chi connectivity index (χ3v) is 5.83. The van der Waals surface area contributed by atoms with Crippen molar-refractivity contribution in [3.63, 3.8) is 0 Å². The van der Waals surface area contributed by atoms with Gasteiger partial charge in [0, 0.05) is 25.7 Å². The lowest BCUT2D eigenvalue weighted by molar-refractivity contribution is 0.1000. The van der Waals surface area contributed by atoms with E-state index in [1.54, 1.807) is 16.1 Å². The molecular formula is C19H25FN6O. The molecule has 27 heavy (non-hydrogen) atoms. The SMILES string of the molecule is CN1CN(c2ccc(COCC3CC3C3CCN(C#N)CC3)c(F)c2)N=N1. The highest BCUT2D eigenvalue weighted by Crippen LogP contribution is 2.48. The standard InChI is InChI=1S/C19H25FN6O/c1-24-13-26(23-22-24)17-3-2-15(19(20)9-17)10-27-11-16-8-18(16)14-4-6-25(12-21)7-5-14/h2-3,9,14,16,18H,4-8,10-11,13H2,1H3. The van der Waals surface area contributed by atoms with Gasteiger partial charge in [-0.3, -0.25) is 5.01 Å². The number of likely N-dealkylation sites (tertiary alicyclic amines) is 1. The Hall–Kier alpha value is -2.40. The van der Waals surface area contributed by atoms with Crippen LogP contribution in [0.15, 0.2) is 28.6 Å². The maximum atomic E-state index is 14.4. The van der Waals surface area contributed by atoms with E-state index < -0.39 is 0 Å². The van der Waals surface area contributed by atoms with E-state index >= 15 is 0 Å². The van der Waals surface area contributed by atoms with E-state index in [1.807, 2.05) is 18.0 Å². The van der Waals surface area contributed by atoms with Gasteiger partial charge in [-0.1, -0.05) is 11.3 Å². The summed E-state index contributed by atoms with van der Waals surface area (Å²) >= 11 is 0. The summed E-state index contributed by atoms with van der Waals surface area (Å²) in [6.45, 7) is 3.27. The minimum atomic E-state index is -0.270. The highest BCUT2D eigenvalue weighted by Gasteiger charge is 2.43. The number of hydrogen-bond acceptors (Lipinski definition) is 7. The summed E-state index contributed by atoms with van der Waals surface area (Å²) < 4.78 is 20.2. The van der Waals surface area contributed by atoms with Crippen molar-refractivity contribution in [3.05, 3.63) is 29.6 Å². The number of hydrogen-bond donors (Lipinski definition) is 0. The number of halogens is 1. The molecule has 8 heteroatoms. The van der Waals surface area contributed by atoms with Gasteiger partial charge in [-0.05, 0) is 54.4 Å². The Morgan fingerprint density at radius 2 is 2.11 bits per heavy atom. The van der Waals surface area contributed by atoms with Crippen molar-refractivity contribution in [1.82, 2.24) is 9.91 Å². The first-order valence-electron chi connectivity index (χ1n) is 9.55. The third-order valence-electron chi connectivity index (χ3n) is 5.83. The monoisotopic (exact) mass is 372 g/mol. The summed E-state index contributed by atoms with van der Waals surface area (Å²) in [6, 6.07) is 5.10. The van der Waals surface area contributed by atoms with Crippen molar-refractivity contribution in [2.45, 2.75) is 25.9 Å². The van der Waals surface area contributed by atoms with Crippen molar-refractivity contribution >= 4 is 5.69 Å². The molecule has 7 nitrogen and oxygen atoms in total. The van der Waals surface area contributed by atoms with Crippen LogP contribution in [0, 0.1) is 35.0 Å². The fourth-order valence-corrected chi connectivity index (χ4v) is 4.10. The largest absolute Gasteiger partial charge is 0.376 e. The van der Waals surface area contributed by atoms with Crippen LogP contribution < -0.4 is 5.01 Å². The molecule has 2 unspecified atom stereocenters. The molecule has 0 radical (unpaired) electrons. The second-order valence-corrected chi connectivity index (χ2v) is 7.75. The lowest BCUT2D eigenvalue weighted by Gasteiger charge is -2.28. The van der Waals surface area contributed by atoms with Crippen molar-refractivity contribution in [2.75, 3.05) is 38.4 Å². The molecule has 1 saturated heterocycles. The van der Waals surface area contributed by atoms with E-state index in [1.165, 1.54) is 12.5 Å². The molecule has 2 aliphatic heterocycles. The van der Waals surface area contributed by atoms with Gasteiger partial charge in [0.2, 0.25) is 0 Å². The first-order valence-corrected chi connectivity index (χ1v) is 9.55. The van der Waals surface area contributed by atoms with E-state index in [0.717, 1.165) is 31.8 Å². The summed E-state index contributed by atoms with van der Waals surface area (Å²) in [6.07, 6.45) is 5.64. The van der Waals surface area contributed by atoms with Gasteiger partial charge in [-0.15, -0.1) is 0 Å². The number of rotatable bonds is 6. The van der Waals surface area contributed by atoms with Gasteiger partial charge < -0.3 is 9.64 Å². The zero-order valence-electron chi connectivity index (χ0n) is 15.6. The molecule has 0 amide bonds. The van der Waals surface area contributed by atoms with Crippen LogP contribution in [0.25, 0.3) is 0 Å². The minimum absolute atomic E-state index is 0.270. The average molecular weight is 372 g/mol. The van der Waals surface area contributed by atoms with Crippen molar-refractivity contribution in [1.29, 1.82) is 5.26 Å². The third kappa shape index (κ3) is 4.14. The topological polar surface area (TPSA) is 67.5 Å². The summed E-state index contributed by atoms with van der Waals surface area (Å²) in [4.78, 5) is 1.85. The van der Waals surface area contributed by atoms with Crippen LogP contribution in [0.4, 0.5) is 10.1 Å². The lowest BCUT2D eigenvalue weighted by atomic mass is 9.91. The lowest BCUT2D eigenvalue weighted by Crippen LogP contribution is -2.30. The number of anilines is 1. The molecule has 2 atom stereocenters. The van der Waals surface area contributed by atoms with E-state index in [-0.39, 0.29) is 5.82 Å². The molecule has 1 aromatic carbocycles. The van der Waals surface area contributed by atoms with Gasteiger partial charge in [0.25, 0.3) is 0 Å². The molecule has 0 bridgehead atoms. The number of nitrogens with zero attached hydrogens (tertiary/aromatic N) is 6. The number of nitriles is 1. The molecule has 0 N–H and O–H groups in total.